The number of hydrogen-bond donors (Lipinski definition) is 2. The molecule has 5 aliphatic carbocycles. The lowest BCUT2D eigenvalue weighted by Crippen LogP contribution is -2.54. The number of nitriles is 1. The van der Waals surface area contributed by atoms with Gasteiger partial charge in [0, 0.05) is 6.20 Å². The molecule has 5 fully saturated rings. The number of fused-ring (bicyclic) bond motifs is 5. The third-order valence-corrected chi connectivity index (χ3v) is 11.5. The normalized spacial score (nSPS) is 47.7. The summed E-state index contributed by atoms with van der Waals surface area (Å²) in [7, 11) is 0. The van der Waals surface area contributed by atoms with Crippen molar-refractivity contribution in [2.75, 3.05) is 0 Å². The van der Waals surface area contributed by atoms with Gasteiger partial charge in [0.25, 0.3) is 0 Å². The topological polar surface area (TPSA) is 82.1 Å². The molecular formula is C29H43N3O2. The van der Waals surface area contributed by atoms with Crippen LogP contribution in [0, 0.1) is 64.1 Å². The molecule has 0 unspecified atom stereocenters. The van der Waals surface area contributed by atoms with E-state index in [0.717, 1.165) is 54.8 Å². The van der Waals surface area contributed by atoms with Gasteiger partial charge in [0.1, 0.15) is 6.07 Å². The molecule has 5 aliphatic rings. The zero-order valence-corrected chi connectivity index (χ0v) is 21.3. The monoisotopic (exact) mass is 465 g/mol. The molecule has 6 rings (SSSR count). The van der Waals surface area contributed by atoms with E-state index in [0.29, 0.717) is 18.0 Å². The summed E-state index contributed by atoms with van der Waals surface area (Å²) in [6.07, 6.45) is 15.6. The van der Waals surface area contributed by atoms with Crippen LogP contribution in [-0.2, 0) is 6.54 Å². The molecule has 5 saturated carbocycles. The van der Waals surface area contributed by atoms with Crippen LogP contribution in [0.2, 0.25) is 0 Å². The summed E-state index contributed by atoms with van der Waals surface area (Å²) in [5.74, 6) is 5.75. The van der Waals surface area contributed by atoms with Crippen LogP contribution in [0.15, 0.2) is 12.4 Å². The van der Waals surface area contributed by atoms with E-state index in [2.05, 4.69) is 25.0 Å². The van der Waals surface area contributed by atoms with Gasteiger partial charge < -0.3 is 10.2 Å². The largest absolute Gasteiger partial charge is 0.390 e. The molecule has 10 atom stereocenters. The molecule has 0 saturated heterocycles. The van der Waals surface area contributed by atoms with Gasteiger partial charge in [-0.15, -0.1) is 0 Å². The maximum atomic E-state index is 11.9. The Hall–Kier alpha value is -1.38. The van der Waals surface area contributed by atoms with Crippen molar-refractivity contribution >= 4 is 0 Å². The van der Waals surface area contributed by atoms with E-state index in [1.165, 1.54) is 44.9 Å². The van der Waals surface area contributed by atoms with Gasteiger partial charge >= 0.3 is 0 Å². The van der Waals surface area contributed by atoms with Crippen molar-refractivity contribution in [2.45, 2.75) is 103 Å². The minimum Gasteiger partial charge on any atom is -0.390 e. The Balaban J connectivity index is 1.28. The highest BCUT2D eigenvalue weighted by molar-refractivity contribution is 5.22. The van der Waals surface area contributed by atoms with Gasteiger partial charge in [0.2, 0.25) is 0 Å². The molecule has 1 aromatic rings. The number of rotatable bonds is 4. The zero-order chi connectivity index (χ0) is 23.9. The third kappa shape index (κ3) is 3.66. The van der Waals surface area contributed by atoms with Crippen LogP contribution in [0.3, 0.4) is 0 Å². The van der Waals surface area contributed by atoms with Crippen LogP contribution in [0.25, 0.3) is 0 Å². The molecule has 0 spiro atoms. The summed E-state index contributed by atoms with van der Waals surface area (Å²) in [6, 6.07) is 2.16. The Bertz CT molecular complexity index is 972. The lowest BCUT2D eigenvalue weighted by molar-refractivity contribution is -0.130. The molecule has 5 nitrogen and oxygen atoms in total. The maximum Gasteiger partial charge on any atom is 0.102 e. The molecule has 2 N–H and O–H groups in total. The molecule has 0 aromatic carbocycles. The molecule has 1 heterocycles. The van der Waals surface area contributed by atoms with E-state index in [4.69, 9.17) is 0 Å². The zero-order valence-electron chi connectivity index (χ0n) is 21.3. The summed E-state index contributed by atoms with van der Waals surface area (Å²) in [5, 5.41) is 36.3. The highest BCUT2D eigenvalue weighted by Gasteiger charge is 2.65. The van der Waals surface area contributed by atoms with Gasteiger partial charge in [0.05, 0.1) is 29.5 Å². The number of aliphatic hydroxyl groups is 2. The number of aromatic nitrogens is 2. The van der Waals surface area contributed by atoms with Crippen LogP contribution in [0.5, 0.6) is 0 Å². The van der Waals surface area contributed by atoms with Gasteiger partial charge in [0.15, 0.2) is 0 Å². The van der Waals surface area contributed by atoms with E-state index in [9.17, 15) is 15.5 Å². The Morgan fingerprint density at radius 3 is 2.50 bits per heavy atom. The van der Waals surface area contributed by atoms with Crippen LogP contribution in [-0.4, -0.2) is 31.2 Å². The fraction of sp³-hybridized carbons (Fsp3) is 0.862. The summed E-state index contributed by atoms with van der Waals surface area (Å²) in [6.45, 7) is 7.08. The van der Waals surface area contributed by atoms with Crippen LogP contribution in [0.4, 0.5) is 0 Å². The molecule has 0 bridgehead atoms. The Kier molecular flexibility index (Phi) is 5.29. The van der Waals surface area contributed by atoms with Gasteiger partial charge in [-0.25, -0.2) is 0 Å². The van der Waals surface area contributed by atoms with Gasteiger partial charge in [-0.1, -0.05) is 6.92 Å². The molecule has 0 amide bonds. The summed E-state index contributed by atoms with van der Waals surface area (Å²) in [5.41, 5.74) is -0.548. The van der Waals surface area contributed by atoms with Gasteiger partial charge in [-0.3, -0.25) is 4.68 Å². The second kappa shape index (κ2) is 7.81. The predicted molar refractivity (Wildman–Crippen MR) is 130 cm³/mol. The van der Waals surface area contributed by atoms with Gasteiger partial charge in [-0.05, 0) is 131 Å². The van der Waals surface area contributed by atoms with Crippen LogP contribution in [0.1, 0.15) is 90.5 Å². The number of nitrogens with zero attached hydrogens (tertiary/aromatic N) is 3. The Labute approximate surface area is 204 Å². The van der Waals surface area contributed by atoms with Crippen molar-refractivity contribution < 1.29 is 10.2 Å². The molecule has 5 heteroatoms. The minimum atomic E-state index is -0.830. The summed E-state index contributed by atoms with van der Waals surface area (Å²) >= 11 is 0. The lowest BCUT2D eigenvalue weighted by atomic mass is 9.47. The van der Waals surface area contributed by atoms with Crippen LogP contribution >= 0.6 is 0 Å². The van der Waals surface area contributed by atoms with Crippen molar-refractivity contribution in [3.8, 4) is 6.07 Å². The molecule has 1 aromatic heterocycles. The molecule has 0 radical (unpaired) electrons. The van der Waals surface area contributed by atoms with E-state index in [1.54, 1.807) is 17.1 Å². The third-order valence-electron chi connectivity index (χ3n) is 11.5. The van der Waals surface area contributed by atoms with Crippen molar-refractivity contribution in [1.82, 2.24) is 9.78 Å². The SMILES string of the molecule is C[C@@]1(O)CC[C@H]2[C@H](CC[C@@H]3[C@@H]2CC[C@@]2(C)[C@H]3[C@H](C3CC3)C[C@@H]2[C@](C)(O)Cn2cc(C#N)cn2)C1. The Morgan fingerprint density at radius 1 is 1.06 bits per heavy atom. The second-order valence-electron chi connectivity index (χ2n) is 13.8. The highest BCUT2D eigenvalue weighted by atomic mass is 16.3. The smallest absolute Gasteiger partial charge is 0.102 e. The van der Waals surface area contributed by atoms with Gasteiger partial charge in [-0.2, -0.15) is 10.4 Å². The first-order valence-electron chi connectivity index (χ1n) is 14.0. The lowest BCUT2D eigenvalue weighted by Gasteiger charge is -2.58. The van der Waals surface area contributed by atoms with Crippen LogP contribution < -0.4 is 0 Å². The maximum absolute atomic E-state index is 11.9. The quantitative estimate of drug-likeness (QED) is 0.643. The first-order chi connectivity index (χ1) is 16.1. The second-order valence-corrected chi connectivity index (χ2v) is 13.8. The number of hydrogen-bond acceptors (Lipinski definition) is 4. The fourth-order valence-electron chi connectivity index (χ4n) is 10.2. The average molecular weight is 466 g/mol. The molecule has 186 valence electrons. The highest BCUT2D eigenvalue weighted by Crippen LogP contribution is 2.70. The first-order valence-corrected chi connectivity index (χ1v) is 14.0. The van der Waals surface area contributed by atoms with Crippen molar-refractivity contribution in [3.05, 3.63) is 18.0 Å². The van der Waals surface area contributed by atoms with Crippen molar-refractivity contribution in [1.29, 1.82) is 5.26 Å². The van der Waals surface area contributed by atoms with Crippen molar-refractivity contribution in [3.63, 3.8) is 0 Å². The van der Waals surface area contributed by atoms with E-state index in [1.807, 2.05) is 6.92 Å². The van der Waals surface area contributed by atoms with E-state index in [-0.39, 0.29) is 11.3 Å². The molecule has 0 aliphatic heterocycles. The molecular weight excluding hydrogens is 422 g/mol. The summed E-state index contributed by atoms with van der Waals surface area (Å²) < 4.78 is 1.78. The summed E-state index contributed by atoms with van der Waals surface area (Å²) in [4.78, 5) is 0. The van der Waals surface area contributed by atoms with Crippen molar-refractivity contribution in [2.24, 2.45) is 52.8 Å². The Morgan fingerprint density at radius 2 is 1.79 bits per heavy atom. The van der Waals surface area contributed by atoms with E-state index >= 15 is 0 Å². The fourth-order valence-corrected chi connectivity index (χ4v) is 10.2. The standard InChI is InChI=1S/C29H43N3O2/c1-27(33)10-8-21-20(13-27)6-7-23-22(21)9-11-28(2)25(12-24(26(23)28)19-4-5-19)29(3,34)17-32-16-18(14-30)15-31-32/h15-16,19-26,33-34H,4-13,17H2,1-3H3/t20-,21+,22-,23-,24+,25+,26-,27-,28-,29-/m1/s1. The molecule has 34 heavy (non-hydrogen) atoms. The first kappa shape index (κ1) is 23.0. The average Bonchev–Trinajstić information content (AvgIpc) is 3.43. The predicted octanol–water partition coefficient (Wildman–Crippen LogP) is 5.16. The minimum absolute atomic E-state index is 0.177. The van der Waals surface area contributed by atoms with E-state index < -0.39 is 11.2 Å².